The average Bonchev–Trinajstić information content (AvgIpc) is 3.08. The van der Waals surface area contributed by atoms with Crippen LogP contribution in [0.5, 0.6) is 0 Å². The van der Waals surface area contributed by atoms with E-state index in [0.717, 1.165) is 36.8 Å². The van der Waals surface area contributed by atoms with Gasteiger partial charge in [0.1, 0.15) is 6.04 Å². The molecule has 1 aromatic carbocycles. The van der Waals surface area contributed by atoms with Crippen molar-refractivity contribution in [2.24, 2.45) is 18.4 Å². The Balaban J connectivity index is 1.32. The molecule has 3 unspecified atom stereocenters. The zero-order valence-electron chi connectivity index (χ0n) is 22.2. The minimum atomic E-state index is -0.846. The van der Waals surface area contributed by atoms with E-state index in [1.54, 1.807) is 16.5 Å². The number of likely N-dealkylation sites (tertiary alicyclic amines) is 1. The number of nitrogens with one attached hydrogen (secondary N) is 1. The Morgan fingerprint density at radius 3 is 2.59 bits per heavy atom. The molecule has 202 valence electrons. The smallest absolute Gasteiger partial charge is 0.407 e. The lowest BCUT2D eigenvalue weighted by atomic mass is 9.77. The van der Waals surface area contributed by atoms with E-state index in [1.165, 1.54) is 4.57 Å². The van der Waals surface area contributed by atoms with Crippen molar-refractivity contribution in [1.29, 1.82) is 0 Å². The highest BCUT2D eigenvalue weighted by Gasteiger charge is 2.38. The standard InChI is InChI=1S/C27H38N4O6/c1-27(2,3)22-15-18(11-12-30(22)26(35)36)16-37-13-5-6-17-7-8-19-21(14-17)29(4)25(34)31(19)20-9-10-23(32)28-24(20)33/h7-8,14,18,20,22H,5-6,9-13,15-16H2,1-4H3,(H,35,36)(H,28,32,33). The molecule has 4 rings (SSSR count). The number of imidazole rings is 1. The second kappa shape index (κ2) is 10.7. The van der Waals surface area contributed by atoms with Crippen molar-refractivity contribution in [1.82, 2.24) is 19.4 Å². The van der Waals surface area contributed by atoms with E-state index in [9.17, 15) is 24.3 Å². The van der Waals surface area contributed by atoms with Crippen LogP contribution < -0.4 is 11.0 Å². The average molecular weight is 515 g/mol. The Kier molecular flexibility index (Phi) is 7.77. The summed E-state index contributed by atoms with van der Waals surface area (Å²) in [6.45, 7) is 8.03. The monoisotopic (exact) mass is 514 g/mol. The number of carbonyl (C=O) groups is 3. The van der Waals surface area contributed by atoms with E-state index in [0.29, 0.717) is 37.6 Å². The number of rotatable bonds is 7. The maximum atomic E-state index is 12.9. The number of imide groups is 1. The maximum Gasteiger partial charge on any atom is 0.407 e. The molecule has 37 heavy (non-hydrogen) atoms. The Bertz CT molecular complexity index is 1240. The first-order chi connectivity index (χ1) is 17.5. The molecule has 2 saturated heterocycles. The lowest BCUT2D eigenvalue weighted by molar-refractivity contribution is -0.135. The molecule has 10 heteroatoms. The quantitative estimate of drug-likeness (QED) is 0.432. The maximum absolute atomic E-state index is 12.9. The van der Waals surface area contributed by atoms with Gasteiger partial charge in [0.15, 0.2) is 0 Å². The number of hydrogen-bond acceptors (Lipinski definition) is 5. The van der Waals surface area contributed by atoms with E-state index in [1.807, 2.05) is 18.2 Å². The summed E-state index contributed by atoms with van der Waals surface area (Å²) in [7, 11) is 1.69. The minimum Gasteiger partial charge on any atom is -0.465 e. The first-order valence-electron chi connectivity index (χ1n) is 13.1. The number of nitrogens with zero attached hydrogens (tertiary/aromatic N) is 3. The van der Waals surface area contributed by atoms with Crippen molar-refractivity contribution in [2.75, 3.05) is 19.8 Å². The molecule has 1 aromatic heterocycles. The molecule has 10 nitrogen and oxygen atoms in total. The largest absolute Gasteiger partial charge is 0.465 e. The summed E-state index contributed by atoms with van der Waals surface area (Å²) in [6, 6.07) is 5.13. The Morgan fingerprint density at radius 1 is 1.16 bits per heavy atom. The van der Waals surface area contributed by atoms with Gasteiger partial charge in [-0.2, -0.15) is 0 Å². The Morgan fingerprint density at radius 2 is 1.92 bits per heavy atom. The van der Waals surface area contributed by atoms with Gasteiger partial charge in [0.05, 0.1) is 11.0 Å². The van der Waals surface area contributed by atoms with Crippen LogP contribution in [-0.4, -0.2) is 62.8 Å². The molecule has 0 radical (unpaired) electrons. The highest BCUT2D eigenvalue weighted by Crippen LogP contribution is 2.34. The van der Waals surface area contributed by atoms with Crippen LogP contribution in [0.3, 0.4) is 0 Å². The lowest BCUT2D eigenvalue weighted by Crippen LogP contribution is -2.52. The SMILES string of the molecule is Cn1c(=O)n(C2CCC(=O)NC2=O)c2ccc(CCCOCC3CCN(C(=O)O)C(C(C)(C)C)C3)cc21. The topological polar surface area (TPSA) is 123 Å². The van der Waals surface area contributed by atoms with Crippen LogP contribution in [0.1, 0.15) is 64.5 Å². The van der Waals surface area contributed by atoms with Crippen LogP contribution in [0.4, 0.5) is 4.79 Å². The number of carboxylic acid groups (broad SMARTS) is 1. The highest BCUT2D eigenvalue weighted by atomic mass is 16.5. The fraction of sp³-hybridized carbons (Fsp3) is 0.630. The minimum absolute atomic E-state index is 0.0156. The number of hydrogen-bond donors (Lipinski definition) is 2. The van der Waals surface area contributed by atoms with Gasteiger partial charge in [-0.05, 0) is 61.1 Å². The van der Waals surface area contributed by atoms with Gasteiger partial charge in [0.2, 0.25) is 11.8 Å². The zero-order valence-corrected chi connectivity index (χ0v) is 22.2. The first-order valence-corrected chi connectivity index (χ1v) is 13.1. The number of aromatic nitrogens is 2. The molecule has 3 atom stereocenters. The second-order valence-corrected chi connectivity index (χ2v) is 11.4. The molecule has 3 heterocycles. The summed E-state index contributed by atoms with van der Waals surface area (Å²) in [5.74, 6) is -0.397. The predicted molar refractivity (Wildman–Crippen MR) is 138 cm³/mol. The highest BCUT2D eigenvalue weighted by molar-refractivity contribution is 6.00. The van der Waals surface area contributed by atoms with Crippen molar-refractivity contribution in [3.8, 4) is 0 Å². The van der Waals surface area contributed by atoms with Gasteiger partial charge >= 0.3 is 11.8 Å². The zero-order chi connectivity index (χ0) is 26.9. The van der Waals surface area contributed by atoms with Gasteiger partial charge in [-0.1, -0.05) is 26.8 Å². The third kappa shape index (κ3) is 5.74. The van der Waals surface area contributed by atoms with Crippen LogP contribution in [0.25, 0.3) is 11.0 Å². The molecule has 2 aromatic rings. The molecule has 0 spiro atoms. The van der Waals surface area contributed by atoms with E-state index in [-0.39, 0.29) is 29.5 Å². The normalized spacial score (nSPS) is 22.9. The van der Waals surface area contributed by atoms with Gasteiger partial charge in [-0.3, -0.25) is 24.0 Å². The number of aryl methyl sites for hydroxylation is 2. The molecule has 3 amide bonds. The van der Waals surface area contributed by atoms with Gasteiger partial charge in [0, 0.05) is 39.3 Å². The fourth-order valence-electron chi connectivity index (χ4n) is 5.66. The molecular formula is C27H38N4O6. The van der Waals surface area contributed by atoms with E-state index < -0.39 is 18.0 Å². The number of ether oxygens (including phenoxy) is 1. The molecular weight excluding hydrogens is 476 g/mol. The third-order valence-electron chi connectivity index (χ3n) is 7.74. The summed E-state index contributed by atoms with van der Waals surface area (Å²) in [5.41, 5.74) is 2.13. The number of piperidine rings is 2. The first kappa shape index (κ1) is 26.9. The van der Waals surface area contributed by atoms with E-state index >= 15 is 0 Å². The fourth-order valence-corrected chi connectivity index (χ4v) is 5.66. The summed E-state index contributed by atoms with van der Waals surface area (Å²) in [4.78, 5) is 50.0. The number of carbonyl (C=O) groups excluding carboxylic acids is 2. The van der Waals surface area contributed by atoms with Crippen molar-refractivity contribution in [2.45, 2.75) is 71.4 Å². The predicted octanol–water partition coefficient (Wildman–Crippen LogP) is 3.07. The van der Waals surface area contributed by atoms with Gasteiger partial charge in [0.25, 0.3) is 0 Å². The molecule has 2 aliphatic heterocycles. The number of fused-ring (bicyclic) bond motifs is 1. The summed E-state index contributed by atoms with van der Waals surface area (Å²) < 4.78 is 9.03. The van der Waals surface area contributed by atoms with Gasteiger partial charge in [-0.25, -0.2) is 9.59 Å². The molecule has 2 fully saturated rings. The second-order valence-electron chi connectivity index (χ2n) is 11.4. The van der Waals surface area contributed by atoms with Crippen molar-refractivity contribution in [3.63, 3.8) is 0 Å². The Labute approximate surface area is 216 Å². The molecule has 2 aliphatic rings. The Hall–Kier alpha value is -3.14. The number of amides is 3. The molecule has 0 saturated carbocycles. The van der Waals surface area contributed by atoms with Crippen molar-refractivity contribution < 1.29 is 24.2 Å². The van der Waals surface area contributed by atoms with Gasteiger partial charge < -0.3 is 14.7 Å². The van der Waals surface area contributed by atoms with E-state index in [4.69, 9.17) is 4.74 Å². The molecule has 0 bridgehead atoms. The van der Waals surface area contributed by atoms with Gasteiger partial charge in [-0.15, -0.1) is 0 Å². The third-order valence-corrected chi connectivity index (χ3v) is 7.74. The van der Waals surface area contributed by atoms with Crippen LogP contribution in [0.2, 0.25) is 0 Å². The van der Waals surface area contributed by atoms with E-state index in [2.05, 4.69) is 26.1 Å². The van der Waals surface area contributed by atoms with Crippen molar-refractivity contribution in [3.05, 3.63) is 34.2 Å². The molecule has 2 N–H and O–H groups in total. The summed E-state index contributed by atoms with van der Waals surface area (Å²) in [5, 5.41) is 11.9. The van der Waals surface area contributed by atoms with Crippen LogP contribution >= 0.6 is 0 Å². The molecule has 0 aliphatic carbocycles. The van der Waals surface area contributed by atoms with Crippen LogP contribution in [0.15, 0.2) is 23.0 Å². The van der Waals surface area contributed by atoms with Crippen LogP contribution in [0, 0.1) is 11.3 Å². The van der Waals surface area contributed by atoms with Crippen molar-refractivity contribution >= 4 is 28.9 Å². The number of benzene rings is 1. The summed E-state index contributed by atoms with van der Waals surface area (Å²) >= 11 is 0. The summed E-state index contributed by atoms with van der Waals surface area (Å²) in [6.07, 6.45) is 2.92. The van der Waals surface area contributed by atoms with Crippen LogP contribution in [-0.2, 0) is 27.8 Å². The lowest BCUT2D eigenvalue weighted by Gasteiger charge is -2.44.